The third kappa shape index (κ3) is 3.11. The van der Waals surface area contributed by atoms with Gasteiger partial charge < -0.3 is 4.90 Å². The molecule has 2 atom stereocenters. The highest BCUT2D eigenvalue weighted by Gasteiger charge is 2.24. The molecule has 2 unspecified atom stereocenters. The summed E-state index contributed by atoms with van der Waals surface area (Å²) in [7, 11) is 1.93. The second kappa shape index (κ2) is 5.81. The van der Waals surface area contributed by atoms with Crippen LogP contribution in [0.15, 0.2) is 6.08 Å². The molecule has 0 spiro atoms. The summed E-state index contributed by atoms with van der Waals surface area (Å²) in [5.74, 6) is 1.31. The van der Waals surface area contributed by atoms with Crippen molar-refractivity contribution >= 4 is 12.0 Å². The van der Waals surface area contributed by atoms with Gasteiger partial charge in [-0.3, -0.25) is 9.48 Å². The Hall–Kier alpha value is -1.58. The molecule has 1 aliphatic heterocycles. The number of hydrogen-bond acceptors (Lipinski definition) is 2. The SMILES string of the molecule is Cc1nn(C)c(C)c1/C=C/C(=O)N1CC(C)CC(C)C1. The Balaban J connectivity index is 2.09. The van der Waals surface area contributed by atoms with Gasteiger partial charge in [0.1, 0.15) is 0 Å². The van der Waals surface area contributed by atoms with Gasteiger partial charge in [-0.1, -0.05) is 13.8 Å². The Labute approximate surface area is 121 Å². The van der Waals surface area contributed by atoms with Crippen molar-refractivity contribution in [2.45, 2.75) is 34.1 Å². The number of carbonyl (C=O) groups is 1. The highest BCUT2D eigenvalue weighted by Crippen LogP contribution is 2.21. The molecule has 4 heteroatoms. The smallest absolute Gasteiger partial charge is 0.246 e. The number of likely N-dealkylation sites (tertiary alicyclic amines) is 1. The molecule has 4 nitrogen and oxygen atoms in total. The highest BCUT2D eigenvalue weighted by molar-refractivity contribution is 5.92. The van der Waals surface area contributed by atoms with E-state index in [9.17, 15) is 4.79 Å². The summed E-state index contributed by atoms with van der Waals surface area (Å²) >= 11 is 0. The third-order valence-corrected chi connectivity index (χ3v) is 4.14. The minimum Gasteiger partial charge on any atom is -0.339 e. The van der Waals surface area contributed by atoms with Gasteiger partial charge in [-0.25, -0.2) is 0 Å². The van der Waals surface area contributed by atoms with Gasteiger partial charge in [-0.2, -0.15) is 5.10 Å². The van der Waals surface area contributed by atoms with Crippen LogP contribution in [0.4, 0.5) is 0 Å². The number of aromatic nitrogens is 2. The number of carbonyl (C=O) groups excluding carboxylic acids is 1. The number of rotatable bonds is 2. The number of piperidine rings is 1. The topological polar surface area (TPSA) is 38.1 Å². The van der Waals surface area contributed by atoms with E-state index in [1.165, 1.54) is 6.42 Å². The first-order valence-electron chi connectivity index (χ1n) is 7.35. The number of amides is 1. The Morgan fingerprint density at radius 3 is 2.35 bits per heavy atom. The van der Waals surface area contributed by atoms with Gasteiger partial charge in [0.05, 0.1) is 5.69 Å². The molecule has 0 bridgehead atoms. The molecule has 1 aromatic rings. The molecule has 0 saturated carbocycles. The maximum atomic E-state index is 12.3. The van der Waals surface area contributed by atoms with Gasteiger partial charge in [-0.05, 0) is 38.2 Å². The molecule has 1 aromatic heterocycles. The largest absolute Gasteiger partial charge is 0.339 e. The molecule has 110 valence electrons. The lowest BCUT2D eigenvalue weighted by molar-refractivity contribution is -0.128. The van der Waals surface area contributed by atoms with Crippen molar-refractivity contribution in [3.8, 4) is 0 Å². The molecular formula is C16H25N3O. The quantitative estimate of drug-likeness (QED) is 0.778. The van der Waals surface area contributed by atoms with E-state index in [2.05, 4.69) is 18.9 Å². The van der Waals surface area contributed by atoms with Crippen LogP contribution in [-0.4, -0.2) is 33.7 Å². The van der Waals surface area contributed by atoms with E-state index >= 15 is 0 Å². The predicted octanol–water partition coefficient (Wildman–Crippen LogP) is 2.55. The van der Waals surface area contributed by atoms with Crippen LogP contribution in [0.1, 0.15) is 37.2 Å². The first-order chi connectivity index (χ1) is 9.38. The normalized spacial score (nSPS) is 23.6. The van der Waals surface area contributed by atoms with Crippen molar-refractivity contribution in [3.63, 3.8) is 0 Å². The van der Waals surface area contributed by atoms with Crippen molar-refractivity contribution < 1.29 is 4.79 Å². The maximum Gasteiger partial charge on any atom is 0.246 e. The second-order valence-corrected chi connectivity index (χ2v) is 6.23. The van der Waals surface area contributed by atoms with Crippen molar-refractivity contribution in [1.29, 1.82) is 0 Å². The molecule has 20 heavy (non-hydrogen) atoms. The number of nitrogens with zero attached hydrogens (tertiary/aromatic N) is 3. The summed E-state index contributed by atoms with van der Waals surface area (Å²) < 4.78 is 1.85. The lowest BCUT2D eigenvalue weighted by Gasteiger charge is -2.34. The Bertz CT molecular complexity index is 520. The molecule has 1 saturated heterocycles. The molecule has 0 aliphatic carbocycles. The first kappa shape index (κ1) is 14.8. The molecular weight excluding hydrogens is 250 g/mol. The minimum atomic E-state index is 0.117. The zero-order chi connectivity index (χ0) is 14.9. The molecule has 1 fully saturated rings. The lowest BCUT2D eigenvalue weighted by Crippen LogP contribution is -2.41. The van der Waals surface area contributed by atoms with Crippen LogP contribution < -0.4 is 0 Å². The van der Waals surface area contributed by atoms with E-state index in [1.807, 2.05) is 36.6 Å². The molecule has 0 N–H and O–H groups in total. The van der Waals surface area contributed by atoms with E-state index in [4.69, 9.17) is 0 Å². The van der Waals surface area contributed by atoms with Crippen LogP contribution in [0.5, 0.6) is 0 Å². The lowest BCUT2D eigenvalue weighted by atomic mass is 9.92. The first-order valence-corrected chi connectivity index (χ1v) is 7.35. The van der Waals surface area contributed by atoms with Gasteiger partial charge in [0.2, 0.25) is 5.91 Å². The highest BCUT2D eigenvalue weighted by atomic mass is 16.2. The van der Waals surface area contributed by atoms with Crippen LogP contribution >= 0.6 is 0 Å². The van der Waals surface area contributed by atoms with Crippen LogP contribution in [0.25, 0.3) is 6.08 Å². The van der Waals surface area contributed by atoms with E-state index in [-0.39, 0.29) is 5.91 Å². The fourth-order valence-electron chi connectivity index (χ4n) is 3.13. The predicted molar refractivity (Wildman–Crippen MR) is 81.2 cm³/mol. The third-order valence-electron chi connectivity index (χ3n) is 4.14. The van der Waals surface area contributed by atoms with E-state index in [0.717, 1.165) is 30.0 Å². The van der Waals surface area contributed by atoms with Gasteiger partial charge in [0.15, 0.2) is 0 Å². The van der Waals surface area contributed by atoms with E-state index in [1.54, 1.807) is 6.08 Å². The summed E-state index contributed by atoms with van der Waals surface area (Å²) in [5, 5.41) is 4.37. The Kier molecular flexibility index (Phi) is 4.31. The van der Waals surface area contributed by atoms with Gasteiger partial charge >= 0.3 is 0 Å². The zero-order valence-corrected chi connectivity index (χ0v) is 13.2. The molecule has 2 rings (SSSR count). The standard InChI is InChI=1S/C16H25N3O/c1-11-8-12(2)10-19(9-11)16(20)7-6-15-13(3)17-18(5)14(15)4/h6-7,11-12H,8-10H2,1-5H3/b7-6+. The van der Waals surface area contributed by atoms with Crippen molar-refractivity contribution in [1.82, 2.24) is 14.7 Å². The van der Waals surface area contributed by atoms with Crippen LogP contribution in [-0.2, 0) is 11.8 Å². The molecule has 0 aromatic carbocycles. The summed E-state index contributed by atoms with van der Waals surface area (Å²) in [4.78, 5) is 14.3. The summed E-state index contributed by atoms with van der Waals surface area (Å²) in [6.07, 6.45) is 4.82. The zero-order valence-electron chi connectivity index (χ0n) is 13.2. The fourth-order valence-corrected chi connectivity index (χ4v) is 3.13. The van der Waals surface area contributed by atoms with Crippen LogP contribution in [0, 0.1) is 25.7 Å². The van der Waals surface area contributed by atoms with Crippen molar-refractivity contribution in [3.05, 3.63) is 23.0 Å². The van der Waals surface area contributed by atoms with Crippen molar-refractivity contribution in [2.24, 2.45) is 18.9 Å². The van der Waals surface area contributed by atoms with Gasteiger partial charge in [0, 0.05) is 37.5 Å². The Morgan fingerprint density at radius 1 is 1.25 bits per heavy atom. The fraction of sp³-hybridized carbons (Fsp3) is 0.625. The van der Waals surface area contributed by atoms with Gasteiger partial charge in [-0.15, -0.1) is 0 Å². The number of hydrogen-bond donors (Lipinski definition) is 0. The van der Waals surface area contributed by atoms with E-state index < -0.39 is 0 Å². The summed E-state index contributed by atoms with van der Waals surface area (Å²) in [5.41, 5.74) is 3.11. The summed E-state index contributed by atoms with van der Waals surface area (Å²) in [6.45, 7) is 10.2. The molecule has 2 heterocycles. The van der Waals surface area contributed by atoms with E-state index in [0.29, 0.717) is 11.8 Å². The maximum absolute atomic E-state index is 12.3. The minimum absolute atomic E-state index is 0.117. The molecule has 1 amide bonds. The van der Waals surface area contributed by atoms with Crippen LogP contribution in [0.3, 0.4) is 0 Å². The summed E-state index contributed by atoms with van der Waals surface area (Å²) in [6, 6.07) is 0. The molecule has 1 aliphatic rings. The Morgan fingerprint density at radius 2 is 1.85 bits per heavy atom. The van der Waals surface area contributed by atoms with Crippen molar-refractivity contribution in [2.75, 3.05) is 13.1 Å². The van der Waals surface area contributed by atoms with Crippen LogP contribution in [0.2, 0.25) is 0 Å². The monoisotopic (exact) mass is 275 g/mol. The average molecular weight is 275 g/mol. The second-order valence-electron chi connectivity index (χ2n) is 6.23. The average Bonchev–Trinajstić information content (AvgIpc) is 2.60. The molecule has 0 radical (unpaired) electrons. The van der Waals surface area contributed by atoms with Gasteiger partial charge in [0.25, 0.3) is 0 Å². The number of aryl methyl sites for hydroxylation is 2.